The van der Waals surface area contributed by atoms with Crippen LogP contribution >= 0.6 is 0 Å². The highest BCUT2D eigenvalue weighted by molar-refractivity contribution is 6.28. The van der Waals surface area contributed by atoms with Crippen molar-refractivity contribution in [2.45, 2.75) is 6.92 Å². The smallest absolute Gasteiger partial charge is 0.163 e. The summed E-state index contributed by atoms with van der Waals surface area (Å²) in [5, 5.41) is 11.5. The topological polar surface area (TPSA) is 87.2 Å². The van der Waals surface area contributed by atoms with E-state index in [2.05, 4.69) is 176 Å². The molecule has 8 aromatic carbocycles. The van der Waals surface area contributed by atoms with Crippen LogP contribution in [0.3, 0.4) is 0 Å². The molecule has 322 valence electrons. The summed E-state index contributed by atoms with van der Waals surface area (Å²) >= 11 is 0. The summed E-state index contributed by atoms with van der Waals surface area (Å²) in [6, 6.07) is 64.6. The van der Waals surface area contributed by atoms with Crippen LogP contribution in [0.4, 0.5) is 0 Å². The first-order valence-electron chi connectivity index (χ1n) is 23.1. The van der Waals surface area contributed by atoms with Gasteiger partial charge >= 0.3 is 0 Å². The van der Waals surface area contributed by atoms with Crippen molar-refractivity contribution in [3.8, 4) is 56.5 Å². The van der Waals surface area contributed by atoms with E-state index in [1.807, 2.05) is 68.2 Å². The number of aromatic nitrogens is 8. The molecule has 0 saturated carbocycles. The Morgan fingerprint density at radius 2 is 1.06 bits per heavy atom. The molecule has 0 saturated heterocycles. The van der Waals surface area contributed by atoms with Gasteiger partial charge in [0.25, 0.3) is 0 Å². The third-order valence-corrected chi connectivity index (χ3v) is 13.6. The molecule has 0 radical (unpaired) electrons. The lowest BCUT2D eigenvalue weighted by atomic mass is 9.97. The zero-order valence-corrected chi connectivity index (χ0v) is 37.3. The molecule has 0 spiro atoms. The normalized spacial score (nSPS) is 11.8. The SMILES string of the molecule is Cc1nc(-c2ccccc2)nc(-c2cccc(-c3ccc4c(c3)c3ccc5ccncc5c3n4-c3ccc(-c4cc5ccccc5c5c4c4ccc6ccccc6c4n5-c4ccncc4)nc3)c2)n1. The first-order valence-corrected chi connectivity index (χ1v) is 23.1. The van der Waals surface area contributed by atoms with Gasteiger partial charge < -0.3 is 9.13 Å². The summed E-state index contributed by atoms with van der Waals surface area (Å²) < 4.78 is 4.77. The van der Waals surface area contributed by atoms with E-state index in [1.165, 1.54) is 32.4 Å². The number of fused-ring (bicyclic) bond motifs is 12. The van der Waals surface area contributed by atoms with Crippen molar-refractivity contribution in [2.24, 2.45) is 0 Å². The van der Waals surface area contributed by atoms with Crippen LogP contribution in [0, 0.1) is 6.92 Å². The highest BCUT2D eigenvalue weighted by Crippen LogP contribution is 2.45. The Bertz CT molecular complexity index is 4370. The average molecular weight is 883 g/mol. The fraction of sp³-hybridized carbons (Fsp3) is 0.0164. The van der Waals surface area contributed by atoms with E-state index in [0.29, 0.717) is 17.5 Å². The van der Waals surface area contributed by atoms with Gasteiger partial charge in [0.15, 0.2) is 11.6 Å². The highest BCUT2D eigenvalue weighted by Gasteiger charge is 2.23. The summed E-state index contributed by atoms with van der Waals surface area (Å²) in [6.45, 7) is 1.92. The second-order valence-corrected chi connectivity index (χ2v) is 17.6. The van der Waals surface area contributed by atoms with Crippen LogP contribution in [0.5, 0.6) is 0 Å². The van der Waals surface area contributed by atoms with Crippen LogP contribution in [-0.4, -0.2) is 39.0 Å². The predicted molar refractivity (Wildman–Crippen MR) is 281 cm³/mol. The Kier molecular flexibility index (Phi) is 8.63. The molecule has 8 heteroatoms. The number of hydrogen-bond acceptors (Lipinski definition) is 6. The molecule has 8 nitrogen and oxygen atoms in total. The molecule has 0 atom stereocenters. The van der Waals surface area contributed by atoms with Gasteiger partial charge in [0.1, 0.15) is 5.82 Å². The van der Waals surface area contributed by atoms with Gasteiger partial charge in [-0.25, -0.2) is 15.0 Å². The Morgan fingerprint density at radius 1 is 0.377 bits per heavy atom. The number of aryl methyl sites for hydroxylation is 1. The van der Waals surface area contributed by atoms with Crippen LogP contribution in [0.1, 0.15) is 5.82 Å². The van der Waals surface area contributed by atoms with Crippen molar-refractivity contribution in [3.05, 3.63) is 219 Å². The lowest BCUT2D eigenvalue weighted by Gasteiger charge is -2.13. The number of nitrogens with zero attached hydrogens (tertiary/aromatic N) is 8. The van der Waals surface area contributed by atoms with Crippen molar-refractivity contribution in [1.29, 1.82) is 0 Å². The highest BCUT2D eigenvalue weighted by atomic mass is 15.0. The van der Waals surface area contributed by atoms with Gasteiger partial charge in [-0.3, -0.25) is 15.0 Å². The standard InChI is InChI=1S/C61H38N8/c1-37-65-60(40-11-3-2-4-12-40)67-61(66-37)44-15-9-14-41(32-44)42-20-25-55-51(33-42)49-22-18-39-26-29-63-36-53(39)58(49)68(55)46-21-24-54(64-35-46)52-34-43-13-6-8-17-48(43)59-56(52)50-23-19-38-10-5-7-16-47(38)57(50)69(59)45-27-30-62-31-28-45/h2-36H,1H3. The lowest BCUT2D eigenvalue weighted by Crippen LogP contribution is -1.99. The largest absolute Gasteiger partial charge is 0.308 e. The van der Waals surface area contributed by atoms with E-state index in [-0.39, 0.29) is 0 Å². The summed E-state index contributed by atoms with van der Waals surface area (Å²) in [5.74, 6) is 1.98. The molecular weight excluding hydrogens is 845 g/mol. The van der Waals surface area contributed by atoms with Crippen LogP contribution < -0.4 is 0 Å². The molecule has 0 N–H and O–H groups in total. The minimum absolute atomic E-state index is 0.647. The molecule has 0 aliphatic heterocycles. The second-order valence-electron chi connectivity index (χ2n) is 17.6. The molecule has 6 aromatic heterocycles. The minimum atomic E-state index is 0.647. The molecule has 6 heterocycles. The molecule has 0 fully saturated rings. The third kappa shape index (κ3) is 6.16. The summed E-state index contributed by atoms with van der Waals surface area (Å²) in [6.07, 6.45) is 9.61. The van der Waals surface area contributed by atoms with Gasteiger partial charge in [0, 0.05) is 84.9 Å². The van der Waals surface area contributed by atoms with Crippen molar-refractivity contribution in [1.82, 2.24) is 39.0 Å². The number of benzene rings is 8. The van der Waals surface area contributed by atoms with Crippen LogP contribution in [-0.2, 0) is 0 Å². The fourth-order valence-electron chi connectivity index (χ4n) is 10.6. The van der Waals surface area contributed by atoms with Gasteiger partial charge in [-0.1, -0.05) is 127 Å². The molecule has 14 rings (SSSR count). The molecule has 14 aromatic rings. The van der Waals surface area contributed by atoms with E-state index < -0.39 is 0 Å². The molecule has 69 heavy (non-hydrogen) atoms. The Labute approximate surface area is 395 Å². The van der Waals surface area contributed by atoms with Crippen molar-refractivity contribution in [2.75, 3.05) is 0 Å². The average Bonchev–Trinajstić information content (AvgIpc) is 3.95. The van der Waals surface area contributed by atoms with Gasteiger partial charge in [-0.2, -0.15) is 0 Å². The molecule has 0 amide bonds. The van der Waals surface area contributed by atoms with E-state index >= 15 is 0 Å². The summed E-state index contributed by atoms with van der Waals surface area (Å²) in [5.41, 5.74) is 12.5. The zero-order valence-electron chi connectivity index (χ0n) is 37.3. The number of pyridine rings is 3. The Balaban J connectivity index is 0.944. The van der Waals surface area contributed by atoms with Crippen molar-refractivity contribution >= 4 is 75.9 Å². The van der Waals surface area contributed by atoms with Gasteiger partial charge in [-0.05, 0) is 88.8 Å². The van der Waals surface area contributed by atoms with E-state index in [4.69, 9.17) is 15.0 Å². The Morgan fingerprint density at radius 3 is 1.88 bits per heavy atom. The molecule has 0 aliphatic rings. The molecule has 0 bridgehead atoms. The Hall–Kier alpha value is -9.40. The van der Waals surface area contributed by atoms with Crippen molar-refractivity contribution in [3.63, 3.8) is 0 Å². The third-order valence-electron chi connectivity index (χ3n) is 13.6. The van der Waals surface area contributed by atoms with Gasteiger partial charge in [0.05, 0.1) is 39.6 Å². The molecular formula is C61H38N8. The fourth-order valence-corrected chi connectivity index (χ4v) is 10.6. The van der Waals surface area contributed by atoms with Crippen LogP contribution in [0.15, 0.2) is 213 Å². The number of rotatable bonds is 6. The molecule has 0 unspecified atom stereocenters. The molecule has 0 aliphatic carbocycles. The quantitative estimate of drug-likeness (QED) is 0.165. The van der Waals surface area contributed by atoms with E-state index in [0.717, 1.165) is 88.4 Å². The van der Waals surface area contributed by atoms with E-state index in [1.54, 1.807) is 0 Å². The van der Waals surface area contributed by atoms with Crippen LogP contribution in [0.2, 0.25) is 0 Å². The summed E-state index contributed by atoms with van der Waals surface area (Å²) in [4.78, 5) is 28.7. The monoisotopic (exact) mass is 882 g/mol. The predicted octanol–water partition coefficient (Wildman–Crippen LogP) is 14.7. The first kappa shape index (κ1) is 38.8. The zero-order chi connectivity index (χ0) is 45.6. The van der Waals surface area contributed by atoms with Gasteiger partial charge in [-0.15, -0.1) is 0 Å². The van der Waals surface area contributed by atoms with Gasteiger partial charge in [0.2, 0.25) is 0 Å². The minimum Gasteiger partial charge on any atom is -0.308 e. The maximum absolute atomic E-state index is 5.37. The first-order chi connectivity index (χ1) is 34.1. The maximum atomic E-state index is 5.37. The van der Waals surface area contributed by atoms with E-state index in [9.17, 15) is 0 Å². The van der Waals surface area contributed by atoms with Crippen molar-refractivity contribution < 1.29 is 0 Å². The summed E-state index contributed by atoms with van der Waals surface area (Å²) in [7, 11) is 0. The maximum Gasteiger partial charge on any atom is 0.163 e. The van der Waals surface area contributed by atoms with Crippen LogP contribution in [0.25, 0.3) is 132 Å². The number of hydrogen-bond donors (Lipinski definition) is 0. The second kappa shape index (κ2) is 15.3. The lowest BCUT2D eigenvalue weighted by molar-refractivity contribution is 0.992.